The van der Waals surface area contributed by atoms with Crippen LogP contribution in [0.2, 0.25) is 0 Å². The molecule has 0 saturated carbocycles. The lowest BCUT2D eigenvalue weighted by Gasteiger charge is -2.28. The Balaban J connectivity index is 1.73. The molecule has 1 atom stereocenters. The number of ether oxygens (including phenoxy) is 1. The first-order valence-corrected chi connectivity index (χ1v) is 11.5. The fraction of sp³-hybridized carbons (Fsp3) is 0.381. The van der Waals surface area contributed by atoms with E-state index < -0.39 is 10.0 Å². The largest absolute Gasteiger partial charge is 0.497 e. The maximum atomic E-state index is 12.7. The van der Waals surface area contributed by atoms with Gasteiger partial charge in [-0.05, 0) is 61.8 Å². The number of carbonyl (C=O) groups is 1. The molecule has 1 fully saturated rings. The molecule has 1 heterocycles. The minimum atomic E-state index is -3.40. The van der Waals surface area contributed by atoms with Crippen LogP contribution in [-0.4, -0.2) is 52.2 Å². The van der Waals surface area contributed by atoms with E-state index in [1.807, 2.05) is 24.3 Å². The smallest absolute Gasteiger partial charge is 0.251 e. The minimum Gasteiger partial charge on any atom is -0.497 e. The van der Waals surface area contributed by atoms with E-state index in [2.05, 4.69) is 14.9 Å². The Kier molecular flexibility index (Phi) is 6.76. The normalized spacial score (nSPS) is 15.7. The van der Waals surface area contributed by atoms with Crippen molar-refractivity contribution in [3.8, 4) is 5.75 Å². The number of nitrogens with one attached hydrogen (secondary N) is 2. The maximum Gasteiger partial charge on any atom is 0.251 e. The van der Waals surface area contributed by atoms with Crippen molar-refractivity contribution in [2.75, 3.05) is 37.7 Å². The molecule has 1 aliphatic heterocycles. The summed E-state index contributed by atoms with van der Waals surface area (Å²) < 4.78 is 30.6. The van der Waals surface area contributed by atoms with Gasteiger partial charge in [0.25, 0.3) is 5.91 Å². The molecule has 0 bridgehead atoms. The van der Waals surface area contributed by atoms with Crippen LogP contribution < -0.4 is 14.8 Å². The molecule has 8 heteroatoms. The Morgan fingerprint density at radius 3 is 2.55 bits per heavy atom. The molecule has 2 N–H and O–H groups in total. The number of hydrogen-bond donors (Lipinski definition) is 2. The van der Waals surface area contributed by atoms with E-state index in [1.54, 1.807) is 25.3 Å². The predicted molar refractivity (Wildman–Crippen MR) is 114 cm³/mol. The number of hydrogen-bond acceptors (Lipinski definition) is 5. The van der Waals surface area contributed by atoms with Gasteiger partial charge in [0.1, 0.15) is 5.75 Å². The topological polar surface area (TPSA) is 87.7 Å². The minimum absolute atomic E-state index is 0.0499. The van der Waals surface area contributed by atoms with Gasteiger partial charge >= 0.3 is 0 Å². The molecular weight excluding hydrogens is 390 g/mol. The van der Waals surface area contributed by atoms with Crippen molar-refractivity contribution < 1.29 is 17.9 Å². The number of carbonyl (C=O) groups excluding carboxylic acids is 1. The van der Waals surface area contributed by atoms with Crippen molar-refractivity contribution in [1.82, 2.24) is 10.2 Å². The van der Waals surface area contributed by atoms with Gasteiger partial charge in [0, 0.05) is 17.8 Å². The van der Waals surface area contributed by atoms with Crippen molar-refractivity contribution in [2.24, 2.45) is 0 Å². The van der Waals surface area contributed by atoms with E-state index in [0.29, 0.717) is 17.8 Å². The molecule has 7 nitrogen and oxygen atoms in total. The van der Waals surface area contributed by atoms with Crippen LogP contribution in [0.25, 0.3) is 0 Å². The van der Waals surface area contributed by atoms with Crippen LogP contribution in [0.15, 0.2) is 48.5 Å². The van der Waals surface area contributed by atoms with Crippen LogP contribution in [0.4, 0.5) is 5.69 Å². The summed E-state index contributed by atoms with van der Waals surface area (Å²) in [6.45, 7) is 2.44. The summed E-state index contributed by atoms with van der Waals surface area (Å²) in [4.78, 5) is 15.1. The first kappa shape index (κ1) is 21.1. The third-order valence-corrected chi connectivity index (χ3v) is 5.55. The van der Waals surface area contributed by atoms with Crippen molar-refractivity contribution in [1.29, 1.82) is 0 Å². The van der Waals surface area contributed by atoms with Gasteiger partial charge in [-0.15, -0.1) is 0 Å². The number of nitrogens with zero attached hydrogens (tertiary/aromatic N) is 1. The highest BCUT2D eigenvalue weighted by atomic mass is 32.2. The molecule has 0 spiro atoms. The number of amides is 1. The molecule has 3 rings (SSSR count). The van der Waals surface area contributed by atoms with E-state index in [-0.39, 0.29) is 11.9 Å². The standard InChI is InChI=1S/C21H27N3O4S/c1-28-19-10-6-7-16(14-19)20(24-11-3-4-12-24)15-22-21(25)17-8-5-9-18(13-17)23-29(2,26)27/h5-10,13-14,20,23H,3-4,11-12,15H2,1-2H3,(H,22,25). The number of methoxy groups -OCH3 is 1. The molecule has 2 aromatic carbocycles. The van der Waals surface area contributed by atoms with Crippen LogP contribution in [-0.2, 0) is 10.0 Å². The predicted octanol–water partition coefficient (Wildman–Crippen LogP) is 2.63. The summed E-state index contributed by atoms with van der Waals surface area (Å²) in [7, 11) is -1.76. The first-order chi connectivity index (χ1) is 13.9. The number of rotatable bonds is 8. The monoisotopic (exact) mass is 417 g/mol. The van der Waals surface area contributed by atoms with Gasteiger partial charge in [-0.1, -0.05) is 18.2 Å². The van der Waals surface area contributed by atoms with Gasteiger partial charge in [0.2, 0.25) is 10.0 Å². The van der Waals surface area contributed by atoms with Crippen LogP contribution >= 0.6 is 0 Å². The van der Waals surface area contributed by atoms with E-state index in [0.717, 1.165) is 43.5 Å². The van der Waals surface area contributed by atoms with Gasteiger partial charge in [-0.2, -0.15) is 0 Å². The third-order valence-electron chi connectivity index (χ3n) is 4.94. The summed E-state index contributed by atoms with van der Waals surface area (Å²) >= 11 is 0. The zero-order valence-corrected chi connectivity index (χ0v) is 17.5. The van der Waals surface area contributed by atoms with Crippen LogP contribution in [0, 0.1) is 0 Å². The van der Waals surface area contributed by atoms with Gasteiger partial charge in [-0.25, -0.2) is 8.42 Å². The van der Waals surface area contributed by atoms with E-state index in [9.17, 15) is 13.2 Å². The summed E-state index contributed by atoms with van der Waals surface area (Å²) in [6.07, 6.45) is 3.37. The zero-order valence-electron chi connectivity index (χ0n) is 16.7. The fourth-order valence-electron chi connectivity index (χ4n) is 3.59. The zero-order chi connectivity index (χ0) is 20.9. The molecular formula is C21H27N3O4S. The van der Waals surface area contributed by atoms with Gasteiger partial charge < -0.3 is 10.1 Å². The Bertz CT molecular complexity index is 956. The van der Waals surface area contributed by atoms with Crippen LogP contribution in [0.5, 0.6) is 5.75 Å². The Morgan fingerprint density at radius 1 is 1.14 bits per heavy atom. The van der Waals surface area contributed by atoms with Gasteiger partial charge in [0.05, 0.1) is 19.4 Å². The molecule has 1 amide bonds. The molecule has 0 radical (unpaired) electrons. The lowest BCUT2D eigenvalue weighted by molar-refractivity contribution is 0.0938. The average molecular weight is 418 g/mol. The van der Waals surface area contributed by atoms with E-state index >= 15 is 0 Å². The lowest BCUT2D eigenvalue weighted by Crippen LogP contribution is -2.36. The van der Waals surface area contributed by atoms with Crippen molar-refractivity contribution in [3.05, 3.63) is 59.7 Å². The Hall–Kier alpha value is -2.58. The summed E-state index contributed by atoms with van der Waals surface area (Å²) in [5.74, 6) is 0.548. The van der Waals surface area contributed by atoms with Crippen LogP contribution in [0.3, 0.4) is 0 Å². The first-order valence-electron chi connectivity index (χ1n) is 9.60. The average Bonchev–Trinajstić information content (AvgIpc) is 3.21. The van der Waals surface area contributed by atoms with E-state index in [4.69, 9.17) is 4.74 Å². The van der Waals surface area contributed by atoms with Crippen molar-refractivity contribution in [3.63, 3.8) is 0 Å². The number of likely N-dealkylation sites (tertiary alicyclic amines) is 1. The van der Waals surface area contributed by atoms with E-state index in [1.165, 1.54) is 6.07 Å². The molecule has 29 heavy (non-hydrogen) atoms. The highest BCUT2D eigenvalue weighted by molar-refractivity contribution is 7.92. The molecule has 0 aliphatic carbocycles. The number of sulfonamides is 1. The number of anilines is 1. The quantitative estimate of drug-likeness (QED) is 0.689. The fourth-order valence-corrected chi connectivity index (χ4v) is 4.14. The molecule has 2 aromatic rings. The summed E-state index contributed by atoms with van der Waals surface area (Å²) in [5.41, 5.74) is 1.87. The summed E-state index contributed by atoms with van der Waals surface area (Å²) in [5, 5.41) is 3.00. The lowest BCUT2D eigenvalue weighted by atomic mass is 10.0. The molecule has 1 unspecified atom stereocenters. The van der Waals surface area contributed by atoms with Gasteiger partial charge in [0.15, 0.2) is 0 Å². The second-order valence-electron chi connectivity index (χ2n) is 7.20. The molecule has 0 aromatic heterocycles. The number of benzene rings is 2. The maximum absolute atomic E-state index is 12.7. The van der Waals surface area contributed by atoms with Gasteiger partial charge in [-0.3, -0.25) is 14.4 Å². The SMILES string of the molecule is COc1cccc(C(CNC(=O)c2cccc(NS(C)(=O)=O)c2)N2CCCC2)c1. The third kappa shape index (κ3) is 5.95. The summed E-state index contributed by atoms with van der Waals surface area (Å²) in [6, 6.07) is 14.4. The molecule has 156 valence electrons. The second-order valence-corrected chi connectivity index (χ2v) is 8.95. The molecule has 1 aliphatic rings. The Morgan fingerprint density at radius 2 is 1.86 bits per heavy atom. The second kappa shape index (κ2) is 9.28. The highest BCUT2D eigenvalue weighted by Crippen LogP contribution is 2.27. The van der Waals surface area contributed by atoms with Crippen molar-refractivity contribution in [2.45, 2.75) is 18.9 Å². The van der Waals surface area contributed by atoms with Crippen LogP contribution in [0.1, 0.15) is 34.8 Å². The van der Waals surface area contributed by atoms with Crippen molar-refractivity contribution >= 4 is 21.6 Å². The highest BCUT2D eigenvalue weighted by Gasteiger charge is 2.24. The molecule has 1 saturated heterocycles. The Labute approximate surface area is 172 Å².